The van der Waals surface area contributed by atoms with Gasteiger partial charge in [-0.2, -0.15) is 11.8 Å². The molecule has 0 aromatic heterocycles. The predicted octanol–water partition coefficient (Wildman–Crippen LogP) is 8.70. The van der Waals surface area contributed by atoms with Gasteiger partial charge >= 0.3 is 0 Å². The zero-order valence-electron chi connectivity index (χ0n) is 19.4. The molecule has 3 aliphatic carbocycles. The van der Waals surface area contributed by atoms with E-state index >= 15 is 0 Å². The molecule has 0 spiro atoms. The fourth-order valence-electron chi connectivity index (χ4n) is 6.23. The molecule has 3 fully saturated rings. The Morgan fingerprint density at radius 3 is 2.15 bits per heavy atom. The molecule has 0 nitrogen and oxygen atoms in total. The summed E-state index contributed by atoms with van der Waals surface area (Å²) in [7, 11) is 0. The maximum absolute atomic E-state index is 2.55. The van der Waals surface area contributed by atoms with E-state index in [1.54, 1.807) is 32.1 Å². The number of thioether (sulfide) groups is 1. The summed E-state index contributed by atoms with van der Waals surface area (Å²) in [6.45, 7) is 17.7. The first-order chi connectivity index (χ1) is 12.6. The lowest BCUT2D eigenvalue weighted by Crippen LogP contribution is -2.36. The number of fused-ring (bicyclic) bond motifs is 5. The van der Waals surface area contributed by atoms with Gasteiger partial charge in [0.1, 0.15) is 0 Å². The van der Waals surface area contributed by atoms with Gasteiger partial charge in [-0.3, -0.25) is 0 Å². The fourth-order valence-corrected chi connectivity index (χ4v) is 7.94. The monoisotopic (exact) mass is 382 g/mol. The van der Waals surface area contributed by atoms with Gasteiger partial charge in [-0.15, -0.1) is 0 Å². The van der Waals surface area contributed by atoms with Crippen molar-refractivity contribution in [1.29, 1.82) is 0 Å². The van der Waals surface area contributed by atoms with Crippen molar-refractivity contribution >= 4 is 11.8 Å². The van der Waals surface area contributed by atoms with E-state index < -0.39 is 0 Å². The quantitative estimate of drug-likeness (QED) is 0.397. The van der Waals surface area contributed by atoms with Crippen LogP contribution < -0.4 is 0 Å². The maximum atomic E-state index is 2.55. The first-order valence-electron chi connectivity index (χ1n) is 12.2. The van der Waals surface area contributed by atoms with Gasteiger partial charge in [0.05, 0.1) is 0 Å². The molecule has 3 saturated carbocycles. The average molecular weight is 383 g/mol. The minimum atomic E-state index is 0.880. The minimum absolute atomic E-state index is 0.880. The Balaban J connectivity index is 0.000000791. The molecule has 3 rings (SSSR count). The summed E-state index contributed by atoms with van der Waals surface area (Å²) in [6, 6.07) is 0. The highest BCUT2D eigenvalue weighted by Crippen LogP contribution is 2.61. The van der Waals surface area contributed by atoms with E-state index in [1.165, 1.54) is 25.0 Å². The van der Waals surface area contributed by atoms with E-state index in [4.69, 9.17) is 0 Å². The van der Waals surface area contributed by atoms with Crippen LogP contribution in [0.15, 0.2) is 0 Å². The van der Waals surface area contributed by atoms with Crippen LogP contribution in [-0.2, 0) is 0 Å². The summed E-state index contributed by atoms with van der Waals surface area (Å²) in [5, 5.41) is 1.04. The van der Waals surface area contributed by atoms with Crippen molar-refractivity contribution < 1.29 is 0 Å². The van der Waals surface area contributed by atoms with Gasteiger partial charge in [0.25, 0.3) is 0 Å². The van der Waals surface area contributed by atoms with Crippen LogP contribution in [0.25, 0.3) is 0 Å². The molecule has 156 valence electrons. The van der Waals surface area contributed by atoms with E-state index in [1.807, 2.05) is 27.7 Å². The number of hydrogen-bond donors (Lipinski definition) is 0. The van der Waals surface area contributed by atoms with E-state index in [0.29, 0.717) is 0 Å². The Labute approximate surface area is 171 Å². The van der Waals surface area contributed by atoms with Crippen LogP contribution in [0.4, 0.5) is 0 Å². The van der Waals surface area contributed by atoms with Gasteiger partial charge < -0.3 is 0 Å². The van der Waals surface area contributed by atoms with Crippen molar-refractivity contribution in [2.75, 3.05) is 5.75 Å². The van der Waals surface area contributed by atoms with Crippen molar-refractivity contribution in [2.45, 2.75) is 112 Å². The SMILES string of the molecule is CC.CC.CCCCSC1CC2CC1C1CC(C(C)CC(C)C)CCC21. The molecular formula is C25H50S. The van der Waals surface area contributed by atoms with Crippen LogP contribution in [0.1, 0.15) is 107 Å². The molecule has 2 bridgehead atoms. The lowest BCUT2D eigenvalue weighted by molar-refractivity contribution is 0.0918. The zero-order chi connectivity index (χ0) is 19.7. The van der Waals surface area contributed by atoms with Crippen LogP contribution in [-0.4, -0.2) is 11.0 Å². The van der Waals surface area contributed by atoms with E-state index in [0.717, 1.165) is 46.7 Å². The van der Waals surface area contributed by atoms with E-state index in [9.17, 15) is 0 Å². The fraction of sp³-hybridized carbons (Fsp3) is 1.00. The highest BCUT2D eigenvalue weighted by molar-refractivity contribution is 7.99. The van der Waals surface area contributed by atoms with Crippen molar-refractivity contribution in [3.8, 4) is 0 Å². The van der Waals surface area contributed by atoms with E-state index in [2.05, 4.69) is 39.5 Å². The Morgan fingerprint density at radius 1 is 0.846 bits per heavy atom. The topological polar surface area (TPSA) is 0 Å². The molecule has 1 heteroatoms. The molecule has 0 saturated heterocycles. The smallest absolute Gasteiger partial charge is 0.00809 e. The molecule has 0 aliphatic heterocycles. The standard InChI is InChI=1S/C21H38S.2C2H6/c1-5-6-9-22-21-13-17-12-20(21)19-11-16(7-8-18(17)19)15(4)10-14(2)3;2*1-2/h14-21H,5-13H2,1-4H3;2*1-2H3. The van der Waals surface area contributed by atoms with Crippen LogP contribution in [0.5, 0.6) is 0 Å². The van der Waals surface area contributed by atoms with Gasteiger partial charge in [-0.25, -0.2) is 0 Å². The molecule has 0 aromatic rings. The zero-order valence-corrected chi connectivity index (χ0v) is 20.2. The lowest BCUT2D eigenvalue weighted by atomic mass is 9.64. The number of rotatable bonds is 7. The summed E-state index contributed by atoms with van der Waals surface area (Å²) in [5.41, 5.74) is 0. The Hall–Kier alpha value is 0.350. The third kappa shape index (κ3) is 6.18. The molecule has 0 radical (unpaired) electrons. The largest absolute Gasteiger partial charge is 0.158 e. The Morgan fingerprint density at radius 2 is 1.54 bits per heavy atom. The van der Waals surface area contributed by atoms with Crippen molar-refractivity contribution in [3.63, 3.8) is 0 Å². The van der Waals surface area contributed by atoms with Gasteiger partial charge in [0.2, 0.25) is 0 Å². The molecule has 0 N–H and O–H groups in total. The van der Waals surface area contributed by atoms with Crippen molar-refractivity contribution in [1.82, 2.24) is 0 Å². The maximum Gasteiger partial charge on any atom is 0.00809 e. The minimum Gasteiger partial charge on any atom is -0.158 e. The van der Waals surface area contributed by atoms with Crippen LogP contribution in [0.2, 0.25) is 0 Å². The van der Waals surface area contributed by atoms with Crippen LogP contribution >= 0.6 is 11.8 Å². The number of hydrogen-bond acceptors (Lipinski definition) is 1. The van der Waals surface area contributed by atoms with Crippen LogP contribution in [0.3, 0.4) is 0 Å². The third-order valence-corrected chi connectivity index (χ3v) is 8.71. The first-order valence-corrected chi connectivity index (χ1v) is 13.3. The summed E-state index contributed by atoms with van der Waals surface area (Å²) in [4.78, 5) is 0. The highest BCUT2D eigenvalue weighted by atomic mass is 32.2. The third-order valence-electron chi connectivity index (χ3n) is 7.22. The second kappa shape index (κ2) is 12.7. The first kappa shape index (κ1) is 24.4. The summed E-state index contributed by atoms with van der Waals surface area (Å²) in [6.07, 6.45) is 12.1. The van der Waals surface area contributed by atoms with E-state index in [-0.39, 0.29) is 0 Å². The molecule has 26 heavy (non-hydrogen) atoms. The number of unbranched alkanes of at least 4 members (excludes halogenated alkanes) is 1. The molecule has 0 aromatic carbocycles. The van der Waals surface area contributed by atoms with Crippen LogP contribution in [0, 0.1) is 41.4 Å². The highest BCUT2D eigenvalue weighted by Gasteiger charge is 2.54. The summed E-state index contributed by atoms with van der Waals surface area (Å²) in [5.74, 6) is 8.79. The Bertz CT molecular complexity index is 350. The molecule has 0 heterocycles. The molecule has 7 unspecified atom stereocenters. The normalized spacial score (nSPS) is 35.9. The van der Waals surface area contributed by atoms with Gasteiger partial charge in [-0.1, -0.05) is 61.8 Å². The van der Waals surface area contributed by atoms with Crippen molar-refractivity contribution in [3.05, 3.63) is 0 Å². The summed E-state index contributed by atoms with van der Waals surface area (Å²) < 4.78 is 0. The summed E-state index contributed by atoms with van der Waals surface area (Å²) >= 11 is 2.35. The van der Waals surface area contributed by atoms with Gasteiger partial charge in [0.15, 0.2) is 0 Å². The second-order valence-corrected chi connectivity index (χ2v) is 10.5. The Kier molecular flexibility index (Phi) is 11.9. The molecular weight excluding hydrogens is 332 g/mol. The lowest BCUT2D eigenvalue weighted by Gasteiger charge is -2.43. The molecule has 7 atom stereocenters. The molecule has 0 amide bonds. The van der Waals surface area contributed by atoms with Gasteiger partial charge in [0, 0.05) is 5.25 Å². The molecule has 3 aliphatic rings. The van der Waals surface area contributed by atoms with Crippen molar-refractivity contribution in [2.24, 2.45) is 41.4 Å². The average Bonchev–Trinajstić information content (AvgIpc) is 3.23. The second-order valence-electron chi connectivity index (χ2n) is 9.17. The van der Waals surface area contributed by atoms with Gasteiger partial charge in [-0.05, 0) is 92.1 Å². The predicted molar refractivity (Wildman–Crippen MR) is 123 cm³/mol.